The van der Waals surface area contributed by atoms with E-state index < -0.39 is 5.97 Å². The maximum atomic E-state index is 12.4. The maximum Gasteiger partial charge on any atom is 0.335 e. The SMILES string of the molecule is CCC1CCC(C)N1C(=O)Nc1ccc(C(=O)O)cc1Br. The summed E-state index contributed by atoms with van der Waals surface area (Å²) >= 11 is 3.30. The number of carbonyl (C=O) groups is 2. The van der Waals surface area contributed by atoms with Crippen molar-refractivity contribution in [3.8, 4) is 0 Å². The van der Waals surface area contributed by atoms with Gasteiger partial charge in [-0.15, -0.1) is 0 Å². The third-order valence-corrected chi connectivity index (χ3v) is 4.61. The van der Waals surface area contributed by atoms with Crippen LogP contribution < -0.4 is 5.32 Å². The third-order valence-electron chi connectivity index (χ3n) is 3.95. The van der Waals surface area contributed by atoms with Gasteiger partial charge in [-0.25, -0.2) is 9.59 Å². The van der Waals surface area contributed by atoms with Crippen LogP contribution in [0.1, 0.15) is 43.5 Å². The molecular formula is C15H19BrN2O3. The minimum atomic E-state index is -0.993. The molecule has 6 heteroatoms. The number of nitrogens with one attached hydrogen (secondary N) is 1. The normalized spacial score (nSPS) is 21.4. The first-order valence-electron chi connectivity index (χ1n) is 7.06. The van der Waals surface area contributed by atoms with Crippen molar-refractivity contribution >= 4 is 33.6 Å². The molecule has 1 aromatic rings. The number of carboxylic acid groups (broad SMARTS) is 1. The van der Waals surface area contributed by atoms with Gasteiger partial charge in [0.05, 0.1) is 11.3 Å². The summed E-state index contributed by atoms with van der Waals surface area (Å²) in [5, 5.41) is 11.8. The zero-order valence-corrected chi connectivity index (χ0v) is 13.7. The zero-order chi connectivity index (χ0) is 15.6. The number of urea groups is 1. The lowest BCUT2D eigenvalue weighted by Crippen LogP contribution is -2.42. The van der Waals surface area contributed by atoms with Gasteiger partial charge in [-0.05, 0) is 60.3 Å². The van der Waals surface area contributed by atoms with Crippen LogP contribution >= 0.6 is 15.9 Å². The molecule has 0 bridgehead atoms. The highest BCUT2D eigenvalue weighted by molar-refractivity contribution is 9.10. The van der Waals surface area contributed by atoms with Crippen LogP contribution in [0.3, 0.4) is 0 Å². The Morgan fingerprint density at radius 1 is 1.43 bits per heavy atom. The van der Waals surface area contributed by atoms with Crippen LogP contribution in [0.2, 0.25) is 0 Å². The van der Waals surface area contributed by atoms with Gasteiger partial charge in [0.25, 0.3) is 0 Å². The Bertz CT molecular complexity index is 562. The third kappa shape index (κ3) is 3.37. The van der Waals surface area contributed by atoms with Gasteiger partial charge in [-0.3, -0.25) is 0 Å². The molecule has 0 aromatic heterocycles. The van der Waals surface area contributed by atoms with Gasteiger partial charge >= 0.3 is 12.0 Å². The molecule has 2 unspecified atom stereocenters. The summed E-state index contributed by atoms with van der Waals surface area (Å²) in [6, 6.07) is 4.95. The van der Waals surface area contributed by atoms with Gasteiger partial charge in [-0.2, -0.15) is 0 Å². The van der Waals surface area contributed by atoms with Gasteiger partial charge in [0, 0.05) is 16.6 Å². The smallest absolute Gasteiger partial charge is 0.335 e. The summed E-state index contributed by atoms with van der Waals surface area (Å²) < 4.78 is 0.565. The molecule has 0 spiro atoms. The number of hydrogen-bond donors (Lipinski definition) is 2. The van der Waals surface area contributed by atoms with Crippen LogP contribution in [0.4, 0.5) is 10.5 Å². The number of rotatable bonds is 3. The molecule has 1 saturated heterocycles. The van der Waals surface area contributed by atoms with Crippen molar-refractivity contribution in [3.63, 3.8) is 0 Å². The van der Waals surface area contributed by atoms with Gasteiger partial charge < -0.3 is 15.3 Å². The van der Waals surface area contributed by atoms with Crippen molar-refractivity contribution in [3.05, 3.63) is 28.2 Å². The quantitative estimate of drug-likeness (QED) is 0.863. The molecule has 0 radical (unpaired) electrons. The standard InChI is InChI=1S/C15H19BrN2O3/c1-3-11-6-4-9(2)18(11)15(21)17-13-7-5-10(14(19)20)8-12(13)16/h5,7-9,11H,3-4,6H2,1-2H3,(H,17,21)(H,19,20). The highest BCUT2D eigenvalue weighted by atomic mass is 79.9. The Morgan fingerprint density at radius 2 is 2.14 bits per heavy atom. The zero-order valence-electron chi connectivity index (χ0n) is 12.1. The first-order valence-corrected chi connectivity index (χ1v) is 7.85. The number of aromatic carboxylic acids is 1. The van der Waals surface area contributed by atoms with Crippen molar-refractivity contribution in [2.24, 2.45) is 0 Å². The Morgan fingerprint density at radius 3 is 2.71 bits per heavy atom. The Balaban J connectivity index is 2.14. The number of carbonyl (C=O) groups excluding carboxylic acids is 1. The molecule has 0 saturated carbocycles. The molecular weight excluding hydrogens is 336 g/mol. The van der Waals surface area contributed by atoms with Crippen molar-refractivity contribution in [1.82, 2.24) is 4.90 Å². The van der Waals surface area contributed by atoms with Crippen molar-refractivity contribution < 1.29 is 14.7 Å². The van der Waals surface area contributed by atoms with Crippen LogP contribution in [0.15, 0.2) is 22.7 Å². The molecule has 1 aliphatic heterocycles. The molecule has 5 nitrogen and oxygen atoms in total. The number of nitrogens with zero attached hydrogens (tertiary/aromatic N) is 1. The lowest BCUT2D eigenvalue weighted by atomic mass is 10.2. The lowest BCUT2D eigenvalue weighted by Gasteiger charge is -2.28. The Hall–Kier alpha value is -1.56. The second-order valence-corrected chi connectivity index (χ2v) is 6.18. The molecule has 2 N–H and O–H groups in total. The minimum Gasteiger partial charge on any atom is -0.478 e. The van der Waals surface area contributed by atoms with Crippen LogP contribution in [0, 0.1) is 0 Å². The van der Waals surface area contributed by atoms with Gasteiger partial charge in [0.1, 0.15) is 0 Å². The highest BCUT2D eigenvalue weighted by Crippen LogP contribution is 2.29. The number of benzene rings is 1. The Kier molecular flexibility index (Phi) is 4.88. The molecule has 2 rings (SSSR count). The topological polar surface area (TPSA) is 69.6 Å². The average Bonchev–Trinajstić information content (AvgIpc) is 2.81. The van der Waals surface area contributed by atoms with E-state index in [0.29, 0.717) is 10.2 Å². The van der Waals surface area contributed by atoms with E-state index in [4.69, 9.17) is 5.11 Å². The summed E-state index contributed by atoms with van der Waals surface area (Å²) in [5.74, 6) is -0.993. The molecule has 1 aliphatic rings. The number of anilines is 1. The van der Waals surface area contributed by atoms with E-state index in [0.717, 1.165) is 19.3 Å². The number of likely N-dealkylation sites (tertiary alicyclic amines) is 1. The van der Waals surface area contributed by atoms with E-state index in [1.54, 1.807) is 6.07 Å². The van der Waals surface area contributed by atoms with Crippen molar-refractivity contribution in [2.75, 3.05) is 5.32 Å². The number of hydrogen-bond acceptors (Lipinski definition) is 2. The monoisotopic (exact) mass is 354 g/mol. The first kappa shape index (κ1) is 15.8. The first-order chi connectivity index (χ1) is 9.93. The lowest BCUT2D eigenvalue weighted by molar-refractivity contribution is 0.0697. The number of carboxylic acids is 1. The average molecular weight is 355 g/mol. The predicted octanol–water partition coefficient (Wildman–Crippen LogP) is 3.94. The molecule has 2 atom stereocenters. The Labute approximate surface area is 132 Å². The molecule has 21 heavy (non-hydrogen) atoms. The number of amides is 2. The molecule has 1 heterocycles. The van der Waals surface area contributed by atoms with Crippen molar-refractivity contribution in [1.29, 1.82) is 0 Å². The highest BCUT2D eigenvalue weighted by Gasteiger charge is 2.33. The summed E-state index contributed by atoms with van der Waals surface area (Å²) in [6.45, 7) is 4.14. The largest absolute Gasteiger partial charge is 0.478 e. The van der Waals surface area contributed by atoms with E-state index in [-0.39, 0.29) is 23.7 Å². The summed E-state index contributed by atoms with van der Waals surface area (Å²) in [7, 11) is 0. The van der Waals surface area contributed by atoms with Crippen LogP contribution in [-0.2, 0) is 0 Å². The molecule has 114 valence electrons. The minimum absolute atomic E-state index is 0.129. The molecule has 2 amide bonds. The second-order valence-electron chi connectivity index (χ2n) is 5.33. The van der Waals surface area contributed by atoms with Gasteiger partial charge in [0.2, 0.25) is 0 Å². The molecule has 1 fully saturated rings. The summed E-state index contributed by atoms with van der Waals surface area (Å²) in [6.07, 6.45) is 2.99. The van der Waals surface area contributed by atoms with Crippen LogP contribution in [0.25, 0.3) is 0 Å². The summed E-state index contributed by atoms with van der Waals surface area (Å²) in [5.41, 5.74) is 0.764. The number of halogens is 1. The second kappa shape index (κ2) is 6.47. The van der Waals surface area contributed by atoms with Gasteiger partial charge in [0.15, 0.2) is 0 Å². The molecule has 1 aromatic carbocycles. The van der Waals surface area contributed by atoms with E-state index in [1.165, 1.54) is 12.1 Å². The van der Waals surface area contributed by atoms with Crippen molar-refractivity contribution in [2.45, 2.75) is 45.2 Å². The predicted molar refractivity (Wildman–Crippen MR) is 84.7 cm³/mol. The summed E-state index contributed by atoms with van der Waals surface area (Å²) in [4.78, 5) is 25.2. The van der Waals surface area contributed by atoms with E-state index in [9.17, 15) is 9.59 Å². The maximum absolute atomic E-state index is 12.4. The van der Waals surface area contributed by atoms with Gasteiger partial charge in [-0.1, -0.05) is 6.92 Å². The van der Waals surface area contributed by atoms with E-state index in [2.05, 4.69) is 35.1 Å². The fourth-order valence-electron chi connectivity index (χ4n) is 2.77. The fraction of sp³-hybridized carbons (Fsp3) is 0.467. The van der Waals surface area contributed by atoms with Crippen LogP contribution in [0.5, 0.6) is 0 Å². The molecule has 0 aliphatic carbocycles. The van der Waals surface area contributed by atoms with Crippen LogP contribution in [-0.4, -0.2) is 34.1 Å². The van der Waals surface area contributed by atoms with E-state index >= 15 is 0 Å². The fourth-order valence-corrected chi connectivity index (χ4v) is 3.25. The van der Waals surface area contributed by atoms with E-state index in [1.807, 2.05) is 4.90 Å².